The molecule has 2 atom stereocenters. The van der Waals surface area contributed by atoms with E-state index >= 15 is 0 Å². The smallest absolute Gasteiger partial charge is 0.0960 e. The summed E-state index contributed by atoms with van der Waals surface area (Å²) < 4.78 is 13.4. The zero-order chi connectivity index (χ0) is 23.4. The molecule has 0 saturated heterocycles. The molecule has 0 saturated carbocycles. The molecule has 0 aliphatic heterocycles. The molecule has 2 unspecified atom stereocenters. The monoisotopic (exact) mass is 506 g/mol. The summed E-state index contributed by atoms with van der Waals surface area (Å²) in [7, 11) is 5.00. The Kier molecular flexibility index (Phi) is 8.53. The quantitative estimate of drug-likeness (QED) is 0.193. The number of hydrogen-bond acceptors (Lipinski definition) is 0. The number of benzene rings is 2. The summed E-state index contributed by atoms with van der Waals surface area (Å²) in [6.07, 6.45) is 3.32. The van der Waals surface area contributed by atoms with Crippen LogP contribution >= 0.6 is 23.9 Å². The third-order valence-electron chi connectivity index (χ3n) is 6.06. The Balaban J connectivity index is 2.15. The van der Waals surface area contributed by atoms with Crippen LogP contribution < -0.4 is 5.30 Å². The van der Waals surface area contributed by atoms with Gasteiger partial charge >= 0.3 is 0 Å². The van der Waals surface area contributed by atoms with E-state index in [0.29, 0.717) is 6.32 Å². The van der Waals surface area contributed by atoms with Gasteiger partial charge in [0.15, 0.2) is 0 Å². The molecule has 4 heteroatoms. The first-order valence-corrected chi connectivity index (χ1v) is 13.3. The van der Waals surface area contributed by atoms with Gasteiger partial charge in [-0.2, -0.15) is 0 Å². The molecule has 164 valence electrons. The van der Waals surface area contributed by atoms with E-state index in [1.807, 2.05) is 6.07 Å². The summed E-state index contributed by atoms with van der Waals surface area (Å²) in [5.74, 6) is -0.0382. The average Bonchev–Trinajstić information content (AvgIpc) is 2.78. The molecule has 2 radical (unpaired) electrons. The van der Waals surface area contributed by atoms with Crippen molar-refractivity contribution in [3.8, 4) is 0 Å². The highest BCUT2D eigenvalue weighted by Crippen LogP contribution is 2.59. The standard InChI is InChI=1S/C28H30BBrFP/c1-18-12-24(17-31)13-19(2)27(18)21(4)32(26-9-7-6-8-10-26)22(5)28-20(3)11-23(15-29)14-25(28)16-30/h6-12,14,24H,4-5,13,15-17H2,1-3H3. The van der Waals surface area contributed by atoms with Crippen molar-refractivity contribution in [2.45, 2.75) is 38.8 Å². The molecule has 0 N–H and O–H groups in total. The van der Waals surface area contributed by atoms with Crippen LogP contribution in [0.4, 0.5) is 4.39 Å². The molecule has 0 spiro atoms. The molecule has 0 nitrogen and oxygen atoms in total. The second-order valence-electron chi connectivity index (χ2n) is 8.47. The van der Waals surface area contributed by atoms with Crippen molar-refractivity contribution in [1.82, 2.24) is 0 Å². The number of allylic oxidation sites excluding steroid dienone is 5. The van der Waals surface area contributed by atoms with Crippen LogP contribution in [-0.2, 0) is 11.7 Å². The van der Waals surface area contributed by atoms with Gasteiger partial charge in [0.05, 0.1) is 14.5 Å². The fourth-order valence-corrected chi connectivity index (χ4v) is 7.75. The third kappa shape index (κ3) is 5.10. The van der Waals surface area contributed by atoms with E-state index in [2.05, 4.69) is 92.3 Å². The number of hydrogen-bond donors (Lipinski definition) is 0. The molecule has 1 aliphatic rings. The fourth-order valence-electron chi connectivity index (χ4n) is 4.75. The molecule has 0 amide bonds. The molecule has 1 aliphatic carbocycles. The Morgan fingerprint density at radius 2 is 1.81 bits per heavy atom. The van der Waals surface area contributed by atoms with Crippen molar-refractivity contribution >= 4 is 42.3 Å². The summed E-state index contributed by atoms with van der Waals surface area (Å²) in [5, 5.41) is 4.13. The van der Waals surface area contributed by atoms with Crippen molar-refractivity contribution in [2.75, 3.05) is 6.67 Å². The van der Waals surface area contributed by atoms with Crippen LogP contribution in [0.3, 0.4) is 0 Å². The SMILES string of the molecule is [B]Cc1cc(C)c(C(=C)P(C(=C)C2=C(C)CC(CF)C=C2C)c2ccccc2)c(CBr)c1. The molecule has 0 heterocycles. The number of alkyl halides is 2. The van der Waals surface area contributed by atoms with Crippen LogP contribution in [0, 0.1) is 12.8 Å². The van der Waals surface area contributed by atoms with Crippen molar-refractivity contribution in [3.63, 3.8) is 0 Å². The highest BCUT2D eigenvalue weighted by Gasteiger charge is 2.28. The molecular formula is C28H30BBrFP. The Hall–Kier alpha value is -1.70. The van der Waals surface area contributed by atoms with Gasteiger partial charge in [0.25, 0.3) is 0 Å². The van der Waals surface area contributed by atoms with Crippen molar-refractivity contribution in [1.29, 1.82) is 0 Å². The molecule has 2 aromatic carbocycles. The molecule has 0 aromatic heterocycles. The van der Waals surface area contributed by atoms with Gasteiger partial charge in [0, 0.05) is 11.2 Å². The predicted molar refractivity (Wildman–Crippen MR) is 145 cm³/mol. The maximum absolute atomic E-state index is 13.4. The van der Waals surface area contributed by atoms with Gasteiger partial charge < -0.3 is 0 Å². The minimum Gasteiger partial charge on any atom is -0.250 e. The summed E-state index contributed by atoms with van der Waals surface area (Å²) in [4.78, 5) is 0. The zero-order valence-corrected chi connectivity index (χ0v) is 21.7. The summed E-state index contributed by atoms with van der Waals surface area (Å²) in [5.41, 5.74) is 8.21. The molecule has 0 bridgehead atoms. The van der Waals surface area contributed by atoms with E-state index in [0.717, 1.165) is 33.5 Å². The normalized spacial score (nSPS) is 17.2. The van der Waals surface area contributed by atoms with Gasteiger partial charge in [-0.3, -0.25) is 4.39 Å². The molecule has 3 rings (SSSR count). The van der Waals surface area contributed by atoms with Crippen molar-refractivity contribution < 1.29 is 4.39 Å². The largest absolute Gasteiger partial charge is 0.250 e. The van der Waals surface area contributed by atoms with E-state index in [4.69, 9.17) is 7.85 Å². The number of halogens is 2. The van der Waals surface area contributed by atoms with Crippen molar-refractivity contribution in [2.24, 2.45) is 5.92 Å². The van der Waals surface area contributed by atoms with E-state index in [1.165, 1.54) is 33.1 Å². The first kappa shape index (κ1) is 24.9. The zero-order valence-electron chi connectivity index (χ0n) is 19.2. The molecule has 0 fully saturated rings. The maximum atomic E-state index is 13.4. The lowest BCUT2D eigenvalue weighted by Gasteiger charge is -2.31. The van der Waals surface area contributed by atoms with E-state index in [-0.39, 0.29) is 12.6 Å². The van der Waals surface area contributed by atoms with Gasteiger partial charge in [-0.25, -0.2) is 0 Å². The Morgan fingerprint density at radius 3 is 2.38 bits per heavy atom. The highest BCUT2D eigenvalue weighted by atomic mass is 79.9. The Labute approximate surface area is 203 Å². The van der Waals surface area contributed by atoms with Crippen molar-refractivity contribution in [3.05, 3.63) is 106 Å². The predicted octanol–water partition coefficient (Wildman–Crippen LogP) is 8.10. The van der Waals surface area contributed by atoms with Gasteiger partial charge in [-0.15, -0.1) is 0 Å². The minimum atomic E-state index is -0.935. The van der Waals surface area contributed by atoms with Crippen LogP contribution in [0.15, 0.2) is 83.7 Å². The lowest BCUT2D eigenvalue weighted by Crippen LogP contribution is -2.12. The summed E-state index contributed by atoms with van der Waals surface area (Å²) >= 11 is 3.68. The van der Waals surface area contributed by atoms with Crippen LogP contribution in [0.1, 0.15) is 42.5 Å². The van der Waals surface area contributed by atoms with Crippen LogP contribution in [0.5, 0.6) is 0 Å². The van der Waals surface area contributed by atoms with Gasteiger partial charge in [-0.05, 0) is 78.9 Å². The second-order valence-corrected chi connectivity index (χ2v) is 11.3. The van der Waals surface area contributed by atoms with E-state index < -0.39 is 7.92 Å². The molecule has 2 aromatic rings. The average molecular weight is 507 g/mol. The first-order chi connectivity index (χ1) is 15.3. The van der Waals surface area contributed by atoms with E-state index in [1.54, 1.807) is 0 Å². The van der Waals surface area contributed by atoms with Crippen LogP contribution in [0.25, 0.3) is 5.31 Å². The second kappa shape index (κ2) is 10.9. The Morgan fingerprint density at radius 1 is 1.12 bits per heavy atom. The lowest BCUT2D eigenvalue weighted by atomic mass is 9.86. The molecule has 32 heavy (non-hydrogen) atoms. The third-order valence-corrected chi connectivity index (χ3v) is 9.01. The lowest BCUT2D eigenvalue weighted by molar-refractivity contribution is 0.404. The minimum absolute atomic E-state index is 0.0382. The summed E-state index contributed by atoms with van der Waals surface area (Å²) in [6, 6.07) is 14.9. The topological polar surface area (TPSA) is 0 Å². The van der Waals surface area contributed by atoms with Crippen LogP contribution in [0.2, 0.25) is 0 Å². The van der Waals surface area contributed by atoms with Gasteiger partial charge in [0.1, 0.15) is 0 Å². The van der Waals surface area contributed by atoms with Gasteiger partial charge in [0.2, 0.25) is 0 Å². The van der Waals surface area contributed by atoms with E-state index in [9.17, 15) is 4.39 Å². The maximum Gasteiger partial charge on any atom is 0.0960 e. The Bertz CT molecular complexity index is 1080. The number of rotatable bonds is 8. The highest BCUT2D eigenvalue weighted by molar-refractivity contribution is 9.08. The molecular weight excluding hydrogens is 477 g/mol. The van der Waals surface area contributed by atoms with Gasteiger partial charge in [-0.1, -0.05) is 95.1 Å². The number of aryl methyl sites for hydroxylation is 1. The fraction of sp³-hybridized carbons (Fsp3) is 0.286. The van der Waals surface area contributed by atoms with Crippen LogP contribution in [-0.4, -0.2) is 14.5 Å². The first-order valence-electron chi connectivity index (χ1n) is 10.9. The summed E-state index contributed by atoms with van der Waals surface area (Å²) in [6.45, 7) is 15.3.